The molecule has 0 aliphatic heterocycles. The Morgan fingerprint density at radius 2 is 2.05 bits per heavy atom. The predicted octanol–water partition coefficient (Wildman–Crippen LogP) is 4.05. The van der Waals surface area contributed by atoms with Gasteiger partial charge in [0.25, 0.3) is 0 Å². The standard InChI is InChI=1S/C18H25N3/c1-15-6-5-7-16(10-15)12-21(13-17-11-19-14-20-17)18-8-3-2-4-9-18/h5-7,10-11,14,18H,2-4,8-9,12-13H2,1H3,(H,19,20). The molecular weight excluding hydrogens is 258 g/mol. The fourth-order valence-corrected chi connectivity index (χ4v) is 3.40. The van der Waals surface area contributed by atoms with Crippen LogP contribution in [0.1, 0.15) is 48.9 Å². The molecule has 1 heterocycles. The van der Waals surface area contributed by atoms with Crippen molar-refractivity contribution >= 4 is 0 Å². The normalized spacial score (nSPS) is 16.5. The number of nitrogens with one attached hydrogen (secondary N) is 1. The van der Waals surface area contributed by atoms with E-state index in [4.69, 9.17) is 0 Å². The first kappa shape index (κ1) is 14.3. The fraction of sp³-hybridized carbons (Fsp3) is 0.500. The van der Waals surface area contributed by atoms with Gasteiger partial charge < -0.3 is 4.98 Å². The number of hydrogen-bond donors (Lipinski definition) is 1. The molecule has 0 amide bonds. The monoisotopic (exact) mass is 283 g/mol. The van der Waals surface area contributed by atoms with Crippen LogP contribution in [0.4, 0.5) is 0 Å². The van der Waals surface area contributed by atoms with E-state index in [1.807, 2.05) is 6.20 Å². The number of aromatic amines is 1. The molecule has 1 aromatic carbocycles. The zero-order valence-electron chi connectivity index (χ0n) is 12.9. The van der Waals surface area contributed by atoms with E-state index >= 15 is 0 Å². The summed E-state index contributed by atoms with van der Waals surface area (Å²) in [4.78, 5) is 10.0. The molecule has 2 aromatic rings. The summed E-state index contributed by atoms with van der Waals surface area (Å²) in [5.74, 6) is 0. The second kappa shape index (κ2) is 6.90. The number of aryl methyl sites for hydroxylation is 1. The molecule has 21 heavy (non-hydrogen) atoms. The highest BCUT2D eigenvalue weighted by Crippen LogP contribution is 2.25. The molecule has 1 aliphatic rings. The van der Waals surface area contributed by atoms with Crippen molar-refractivity contribution in [2.45, 2.75) is 58.2 Å². The zero-order chi connectivity index (χ0) is 14.5. The van der Waals surface area contributed by atoms with Crippen LogP contribution in [0.25, 0.3) is 0 Å². The minimum Gasteiger partial charge on any atom is -0.347 e. The maximum Gasteiger partial charge on any atom is 0.0922 e. The van der Waals surface area contributed by atoms with Gasteiger partial charge in [0.1, 0.15) is 0 Å². The molecule has 3 nitrogen and oxygen atoms in total. The number of nitrogens with zero attached hydrogens (tertiary/aromatic N) is 2. The van der Waals surface area contributed by atoms with Gasteiger partial charge in [-0.2, -0.15) is 0 Å². The van der Waals surface area contributed by atoms with Crippen molar-refractivity contribution < 1.29 is 0 Å². The van der Waals surface area contributed by atoms with Crippen LogP contribution >= 0.6 is 0 Å². The van der Waals surface area contributed by atoms with E-state index in [9.17, 15) is 0 Å². The molecule has 3 rings (SSSR count). The summed E-state index contributed by atoms with van der Waals surface area (Å²) in [6.45, 7) is 4.17. The third-order valence-corrected chi connectivity index (χ3v) is 4.49. The Morgan fingerprint density at radius 1 is 1.19 bits per heavy atom. The quantitative estimate of drug-likeness (QED) is 0.897. The van der Waals surface area contributed by atoms with E-state index in [1.54, 1.807) is 6.33 Å². The number of aromatic nitrogens is 2. The van der Waals surface area contributed by atoms with Crippen LogP contribution in [0, 0.1) is 6.92 Å². The highest BCUT2D eigenvalue weighted by molar-refractivity contribution is 5.22. The number of rotatable bonds is 5. The molecule has 1 aromatic heterocycles. The lowest BCUT2D eigenvalue weighted by atomic mass is 9.93. The molecule has 3 heteroatoms. The first-order valence-electron chi connectivity index (χ1n) is 8.08. The first-order valence-corrected chi connectivity index (χ1v) is 8.08. The Bertz CT molecular complexity index is 541. The van der Waals surface area contributed by atoms with Crippen molar-refractivity contribution in [3.63, 3.8) is 0 Å². The van der Waals surface area contributed by atoms with Crippen LogP contribution in [-0.4, -0.2) is 20.9 Å². The predicted molar refractivity (Wildman–Crippen MR) is 85.9 cm³/mol. The SMILES string of the molecule is Cc1cccc(CN(Cc2cnc[nH]2)C2CCCCC2)c1. The molecule has 1 saturated carbocycles. The van der Waals surface area contributed by atoms with Gasteiger partial charge in [-0.15, -0.1) is 0 Å². The second-order valence-electron chi connectivity index (χ2n) is 6.26. The van der Waals surface area contributed by atoms with Gasteiger partial charge in [0.2, 0.25) is 0 Å². The molecule has 0 bridgehead atoms. The molecular formula is C18H25N3. The van der Waals surface area contributed by atoms with Gasteiger partial charge in [-0.1, -0.05) is 49.1 Å². The number of imidazole rings is 1. The summed E-state index contributed by atoms with van der Waals surface area (Å²) in [7, 11) is 0. The molecule has 0 saturated heterocycles. The van der Waals surface area contributed by atoms with Crippen LogP contribution in [-0.2, 0) is 13.1 Å². The van der Waals surface area contributed by atoms with Gasteiger partial charge in [-0.25, -0.2) is 4.98 Å². The summed E-state index contributed by atoms with van der Waals surface area (Å²) in [5, 5.41) is 0. The Hall–Kier alpha value is -1.61. The van der Waals surface area contributed by atoms with Gasteiger partial charge in [-0.05, 0) is 25.3 Å². The minimum atomic E-state index is 0.711. The van der Waals surface area contributed by atoms with E-state index < -0.39 is 0 Å². The van der Waals surface area contributed by atoms with Gasteiger partial charge >= 0.3 is 0 Å². The Morgan fingerprint density at radius 3 is 2.76 bits per heavy atom. The molecule has 112 valence electrons. The second-order valence-corrected chi connectivity index (χ2v) is 6.26. The minimum absolute atomic E-state index is 0.711. The first-order chi connectivity index (χ1) is 10.3. The Labute approximate surface area is 127 Å². The van der Waals surface area contributed by atoms with Gasteiger partial charge in [-0.3, -0.25) is 4.90 Å². The largest absolute Gasteiger partial charge is 0.347 e. The van der Waals surface area contributed by atoms with Crippen molar-refractivity contribution in [2.75, 3.05) is 0 Å². The van der Waals surface area contributed by atoms with Crippen molar-refractivity contribution in [3.8, 4) is 0 Å². The summed E-state index contributed by atoms with van der Waals surface area (Å²) < 4.78 is 0. The van der Waals surface area contributed by atoms with Crippen LogP contribution in [0.5, 0.6) is 0 Å². The van der Waals surface area contributed by atoms with Crippen LogP contribution in [0.3, 0.4) is 0 Å². The van der Waals surface area contributed by atoms with E-state index in [-0.39, 0.29) is 0 Å². The van der Waals surface area contributed by atoms with Gasteiger partial charge in [0.15, 0.2) is 0 Å². The molecule has 1 N–H and O–H groups in total. The third kappa shape index (κ3) is 3.94. The van der Waals surface area contributed by atoms with Crippen molar-refractivity contribution in [1.82, 2.24) is 14.9 Å². The van der Waals surface area contributed by atoms with Crippen LogP contribution < -0.4 is 0 Å². The molecule has 1 fully saturated rings. The fourth-order valence-electron chi connectivity index (χ4n) is 3.40. The van der Waals surface area contributed by atoms with E-state index in [0.29, 0.717) is 6.04 Å². The third-order valence-electron chi connectivity index (χ3n) is 4.49. The number of hydrogen-bond acceptors (Lipinski definition) is 2. The van der Waals surface area contributed by atoms with E-state index in [1.165, 1.54) is 48.9 Å². The maximum absolute atomic E-state index is 4.16. The Kier molecular flexibility index (Phi) is 4.71. The molecule has 0 radical (unpaired) electrons. The highest BCUT2D eigenvalue weighted by Gasteiger charge is 2.21. The lowest BCUT2D eigenvalue weighted by Crippen LogP contribution is -2.36. The Balaban J connectivity index is 1.74. The van der Waals surface area contributed by atoms with Crippen LogP contribution in [0.15, 0.2) is 36.8 Å². The van der Waals surface area contributed by atoms with Crippen molar-refractivity contribution in [1.29, 1.82) is 0 Å². The van der Waals surface area contributed by atoms with Crippen molar-refractivity contribution in [3.05, 3.63) is 53.6 Å². The van der Waals surface area contributed by atoms with E-state index in [0.717, 1.165) is 13.1 Å². The van der Waals surface area contributed by atoms with E-state index in [2.05, 4.69) is 46.1 Å². The molecule has 0 spiro atoms. The summed E-state index contributed by atoms with van der Waals surface area (Å²) >= 11 is 0. The highest BCUT2D eigenvalue weighted by atomic mass is 15.2. The lowest BCUT2D eigenvalue weighted by molar-refractivity contribution is 0.138. The number of H-pyrrole nitrogens is 1. The van der Waals surface area contributed by atoms with Gasteiger partial charge in [0, 0.05) is 31.0 Å². The average Bonchev–Trinajstić information content (AvgIpc) is 3.01. The smallest absolute Gasteiger partial charge is 0.0922 e. The maximum atomic E-state index is 4.16. The average molecular weight is 283 g/mol. The summed E-state index contributed by atoms with van der Waals surface area (Å²) in [6, 6.07) is 9.60. The zero-order valence-corrected chi connectivity index (χ0v) is 12.9. The topological polar surface area (TPSA) is 31.9 Å². The van der Waals surface area contributed by atoms with Crippen LogP contribution in [0.2, 0.25) is 0 Å². The lowest BCUT2D eigenvalue weighted by Gasteiger charge is -2.34. The summed E-state index contributed by atoms with van der Waals surface area (Å²) in [6.07, 6.45) is 10.5. The molecule has 0 unspecified atom stereocenters. The summed E-state index contributed by atoms with van der Waals surface area (Å²) in [5.41, 5.74) is 3.98. The van der Waals surface area contributed by atoms with Crippen molar-refractivity contribution in [2.24, 2.45) is 0 Å². The molecule has 1 aliphatic carbocycles. The molecule has 0 atom stereocenters. The number of benzene rings is 1. The van der Waals surface area contributed by atoms with Gasteiger partial charge in [0.05, 0.1) is 6.33 Å².